The van der Waals surface area contributed by atoms with E-state index in [-0.39, 0.29) is 12.5 Å². The Morgan fingerprint density at radius 1 is 1.35 bits per heavy atom. The summed E-state index contributed by atoms with van der Waals surface area (Å²) in [5, 5.41) is 2.66. The number of carbonyl (C=O) groups excluding carboxylic acids is 2. The number of rotatable bonds is 3. The molecule has 6 heteroatoms. The highest BCUT2D eigenvalue weighted by molar-refractivity contribution is 5.94. The van der Waals surface area contributed by atoms with E-state index >= 15 is 0 Å². The van der Waals surface area contributed by atoms with Crippen molar-refractivity contribution >= 4 is 23.4 Å². The molecular weight excluding hydrogens is 258 g/mol. The van der Waals surface area contributed by atoms with Gasteiger partial charge in [0.05, 0.1) is 0 Å². The van der Waals surface area contributed by atoms with Crippen LogP contribution in [-0.2, 0) is 9.53 Å². The summed E-state index contributed by atoms with van der Waals surface area (Å²) in [6, 6.07) is 6.83. The van der Waals surface area contributed by atoms with Gasteiger partial charge in [-0.2, -0.15) is 0 Å². The number of ether oxygens (including phenoxy) is 1. The van der Waals surface area contributed by atoms with Crippen LogP contribution in [0.1, 0.15) is 20.8 Å². The van der Waals surface area contributed by atoms with Crippen LogP contribution in [0.4, 0.5) is 16.2 Å². The maximum atomic E-state index is 11.8. The van der Waals surface area contributed by atoms with Gasteiger partial charge in [-0.15, -0.1) is 0 Å². The largest absolute Gasteiger partial charge is 0.444 e. The Morgan fingerprint density at radius 2 is 2.00 bits per heavy atom. The smallest absolute Gasteiger partial charge is 0.410 e. The lowest BCUT2D eigenvalue weighted by atomic mass is 10.2. The minimum absolute atomic E-state index is 0.0935. The van der Waals surface area contributed by atoms with Gasteiger partial charge in [0.25, 0.3) is 0 Å². The monoisotopic (exact) mass is 279 g/mol. The number of benzene rings is 1. The molecule has 0 aliphatic carbocycles. The molecular formula is C14H21N3O3. The predicted molar refractivity (Wildman–Crippen MR) is 78.3 cm³/mol. The van der Waals surface area contributed by atoms with E-state index in [1.807, 2.05) is 0 Å². The van der Waals surface area contributed by atoms with Crippen LogP contribution in [0, 0.1) is 0 Å². The maximum absolute atomic E-state index is 11.8. The van der Waals surface area contributed by atoms with Gasteiger partial charge in [0.2, 0.25) is 5.91 Å². The summed E-state index contributed by atoms with van der Waals surface area (Å²) in [5.41, 5.74) is 6.18. The van der Waals surface area contributed by atoms with Crippen LogP contribution in [0.15, 0.2) is 24.3 Å². The number of carbonyl (C=O) groups is 2. The van der Waals surface area contributed by atoms with Crippen LogP contribution in [0.5, 0.6) is 0 Å². The van der Waals surface area contributed by atoms with Gasteiger partial charge in [0.1, 0.15) is 12.1 Å². The molecule has 0 heterocycles. The number of amides is 2. The Labute approximate surface area is 118 Å². The van der Waals surface area contributed by atoms with Crippen LogP contribution < -0.4 is 11.1 Å². The van der Waals surface area contributed by atoms with E-state index in [4.69, 9.17) is 10.5 Å². The highest BCUT2D eigenvalue weighted by atomic mass is 16.6. The Balaban J connectivity index is 2.52. The standard InChI is InChI=1S/C14H21N3O3/c1-14(2,3)20-13(19)17(4)9-12(18)16-11-7-5-6-10(15)8-11/h5-8H,9,15H2,1-4H3,(H,16,18). The third-order valence-electron chi connectivity index (χ3n) is 2.26. The van der Waals surface area contributed by atoms with Gasteiger partial charge in [-0.3, -0.25) is 4.79 Å². The Morgan fingerprint density at radius 3 is 2.55 bits per heavy atom. The second-order valence-corrected chi connectivity index (χ2v) is 5.51. The summed E-state index contributed by atoms with van der Waals surface area (Å²) < 4.78 is 5.16. The molecule has 20 heavy (non-hydrogen) atoms. The van der Waals surface area contributed by atoms with Crippen LogP contribution in [0.3, 0.4) is 0 Å². The highest BCUT2D eigenvalue weighted by Crippen LogP contribution is 2.12. The van der Waals surface area contributed by atoms with E-state index < -0.39 is 11.7 Å². The third-order valence-corrected chi connectivity index (χ3v) is 2.26. The lowest BCUT2D eigenvalue weighted by molar-refractivity contribution is -0.117. The lowest BCUT2D eigenvalue weighted by Crippen LogP contribution is -2.38. The Hall–Kier alpha value is -2.24. The van der Waals surface area contributed by atoms with Gasteiger partial charge in [-0.25, -0.2) is 4.79 Å². The van der Waals surface area contributed by atoms with E-state index in [0.717, 1.165) is 0 Å². The molecule has 0 saturated heterocycles. The van der Waals surface area contributed by atoms with Gasteiger partial charge in [-0.05, 0) is 39.0 Å². The normalized spacial score (nSPS) is 10.8. The molecule has 0 fully saturated rings. The molecule has 0 radical (unpaired) electrons. The first-order valence-electron chi connectivity index (χ1n) is 6.27. The fraction of sp³-hybridized carbons (Fsp3) is 0.429. The quantitative estimate of drug-likeness (QED) is 0.829. The molecule has 0 unspecified atom stereocenters. The number of anilines is 2. The summed E-state index contributed by atoms with van der Waals surface area (Å²) in [7, 11) is 1.51. The van der Waals surface area contributed by atoms with Crippen molar-refractivity contribution in [3.63, 3.8) is 0 Å². The molecule has 1 aromatic rings. The van der Waals surface area contributed by atoms with Crippen molar-refractivity contribution in [3.8, 4) is 0 Å². The summed E-state index contributed by atoms with van der Waals surface area (Å²) in [6.45, 7) is 5.21. The number of nitrogens with one attached hydrogen (secondary N) is 1. The van der Waals surface area contributed by atoms with Gasteiger partial charge in [0.15, 0.2) is 0 Å². The van der Waals surface area contributed by atoms with Crippen LogP contribution in [0.2, 0.25) is 0 Å². The molecule has 3 N–H and O–H groups in total. The SMILES string of the molecule is CN(CC(=O)Nc1cccc(N)c1)C(=O)OC(C)(C)C. The van der Waals surface area contributed by atoms with Gasteiger partial charge < -0.3 is 20.7 Å². The van der Waals surface area contributed by atoms with Crippen LogP contribution in [0.25, 0.3) is 0 Å². The number of hydrogen-bond acceptors (Lipinski definition) is 4. The fourth-order valence-corrected chi connectivity index (χ4v) is 1.44. The fourth-order valence-electron chi connectivity index (χ4n) is 1.44. The molecule has 1 rings (SSSR count). The maximum Gasteiger partial charge on any atom is 0.410 e. The number of nitrogens with zero attached hydrogens (tertiary/aromatic N) is 1. The van der Waals surface area contributed by atoms with E-state index in [2.05, 4.69) is 5.32 Å². The first-order chi connectivity index (χ1) is 9.17. The molecule has 0 bridgehead atoms. The molecule has 6 nitrogen and oxygen atoms in total. The summed E-state index contributed by atoms with van der Waals surface area (Å²) in [6.07, 6.45) is -0.541. The molecule has 2 amide bonds. The van der Waals surface area contributed by atoms with Crippen molar-refractivity contribution in [1.82, 2.24) is 4.90 Å². The van der Waals surface area contributed by atoms with Gasteiger partial charge >= 0.3 is 6.09 Å². The van der Waals surface area contributed by atoms with E-state index in [1.54, 1.807) is 45.0 Å². The number of nitrogens with two attached hydrogens (primary N) is 1. The van der Waals surface area contributed by atoms with Crippen molar-refractivity contribution in [2.24, 2.45) is 0 Å². The average molecular weight is 279 g/mol. The zero-order valence-electron chi connectivity index (χ0n) is 12.3. The minimum atomic E-state index is -0.588. The predicted octanol–water partition coefficient (Wildman–Crippen LogP) is 2.07. The van der Waals surface area contributed by atoms with E-state index in [1.165, 1.54) is 11.9 Å². The van der Waals surface area contributed by atoms with Crippen molar-refractivity contribution in [3.05, 3.63) is 24.3 Å². The molecule has 0 aliphatic heterocycles. The van der Waals surface area contributed by atoms with Crippen LogP contribution in [-0.4, -0.2) is 36.1 Å². The lowest BCUT2D eigenvalue weighted by Gasteiger charge is -2.24. The topological polar surface area (TPSA) is 84.7 Å². The molecule has 0 saturated carbocycles. The summed E-state index contributed by atoms with van der Waals surface area (Å²) in [4.78, 5) is 24.7. The number of nitrogen functional groups attached to an aromatic ring is 1. The van der Waals surface area contributed by atoms with Gasteiger partial charge in [-0.1, -0.05) is 6.07 Å². The average Bonchev–Trinajstić information content (AvgIpc) is 2.26. The zero-order valence-corrected chi connectivity index (χ0v) is 12.3. The number of hydrogen-bond donors (Lipinski definition) is 2. The molecule has 0 atom stereocenters. The number of likely N-dealkylation sites (N-methyl/N-ethyl adjacent to an activating group) is 1. The molecule has 1 aromatic carbocycles. The Kier molecular flexibility index (Phi) is 4.96. The summed E-state index contributed by atoms with van der Waals surface area (Å²) in [5.74, 6) is -0.316. The van der Waals surface area contributed by atoms with E-state index in [9.17, 15) is 9.59 Å². The molecule has 110 valence electrons. The van der Waals surface area contributed by atoms with Crippen molar-refractivity contribution in [2.75, 3.05) is 24.6 Å². The zero-order chi connectivity index (χ0) is 15.3. The van der Waals surface area contributed by atoms with Crippen LogP contribution >= 0.6 is 0 Å². The first-order valence-corrected chi connectivity index (χ1v) is 6.27. The molecule has 0 aromatic heterocycles. The van der Waals surface area contributed by atoms with Crippen molar-refractivity contribution in [1.29, 1.82) is 0 Å². The molecule has 0 aliphatic rings. The molecule has 0 spiro atoms. The van der Waals surface area contributed by atoms with E-state index in [0.29, 0.717) is 11.4 Å². The second kappa shape index (κ2) is 6.27. The Bertz CT molecular complexity index is 495. The third kappa shape index (κ3) is 5.60. The highest BCUT2D eigenvalue weighted by Gasteiger charge is 2.21. The second-order valence-electron chi connectivity index (χ2n) is 5.51. The first kappa shape index (κ1) is 15.8. The van der Waals surface area contributed by atoms with Crippen molar-refractivity contribution in [2.45, 2.75) is 26.4 Å². The van der Waals surface area contributed by atoms with Gasteiger partial charge in [0, 0.05) is 18.4 Å². The minimum Gasteiger partial charge on any atom is -0.444 e. The van der Waals surface area contributed by atoms with Crippen molar-refractivity contribution < 1.29 is 14.3 Å². The summed E-state index contributed by atoms with van der Waals surface area (Å²) >= 11 is 0.